The summed E-state index contributed by atoms with van der Waals surface area (Å²) in [6, 6.07) is 0.559. The lowest BCUT2D eigenvalue weighted by molar-refractivity contribution is 0.530. The molecular weight excluding hydrogens is 112 g/mol. The van der Waals surface area contributed by atoms with Gasteiger partial charge in [0.2, 0.25) is 0 Å². The lowest BCUT2D eigenvalue weighted by Gasteiger charge is -2.07. The molecule has 0 amide bonds. The van der Waals surface area contributed by atoms with E-state index in [0.29, 0.717) is 6.04 Å². The number of nitrogens with zero attached hydrogens (tertiary/aromatic N) is 2. The van der Waals surface area contributed by atoms with Gasteiger partial charge in [0.25, 0.3) is 0 Å². The average Bonchev–Trinajstić information content (AvgIpc) is 2.37. The zero-order valence-electron chi connectivity index (χ0n) is 5.83. The molecule has 1 rings (SSSR count). The predicted molar refractivity (Wildman–Crippen MR) is 36.1 cm³/mol. The fraction of sp³-hybridized carbons (Fsp3) is 0.571. The lowest BCUT2D eigenvalue weighted by atomic mass is 10.3. The first kappa shape index (κ1) is 6.33. The van der Waals surface area contributed by atoms with Crippen LogP contribution in [0.25, 0.3) is 0 Å². The van der Waals surface area contributed by atoms with Crippen LogP contribution in [-0.2, 0) is 0 Å². The summed E-state index contributed by atoms with van der Waals surface area (Å²) in [6.45, 7) is 4.32. The molecule has 1 aromatic rings. The van der Waals surface area contributed by atoms with E-state index in [1.165, 1.54) is 0 Å². The largest absolute Gasteiger partial charge is 0.334 e. The average molecular weight is 123 g/mol. The molecule has 1 atom stereocenters. The molecule has 0 saturated heterocycles. The summed E-state index contributed by atoms with van der Waals surface area (Å²) in [7, 11) is 0. The molecule has 1 aromatic heterocycles. The first-order valence-corrected chi connectivity index (χ1v) is 3.24. The van der Waals surface area contributed by atoms with Crippen LogP contribution in [0.3, 0.4) is 0 Å². The van der Waals surface area contributed by atoms with Crippen molar-refractivity contribution in [2.75, 3.05) is 0 Å². The van der Waals surface area contributed by atoms with Crippen molar-refractivity contribution in [3.05, 3.63) is 18.7 Å². The Kier molecular flexibility index (Phi) is 1.88. The van der Waals surface area contributed by atoms with Crippen molar-refractivity contribution in [2.24, 2.45) is 0 Å². The molecular formula is C7H11N2. The van der Waals surface area contributed by atoms with Crippen LogP contribution in [-0.4, -0.2) is 9.55 Å². The second-order valence-electron chi connectivity index (χ2n) is 2.21. The summed E-state index contributed by atoms with van der Waals surface area (Å²) in [5.74, 6) is 0. The van der Waals surface area contributed by atoms with Crippen molar-refractivity contribution in [3.8, 4) is 0 Å². The summed E-state index contributed by atoms with van der Waals surface area (Å²) in [4.78, 5) is 3.83. The summed E-state index contributed by atoms with van der Waals surface area (Å²) in [5.41, 5.74) is 0. The van der Waals surface area contributed by atoms with E-state index in [1.54, 1.807) is 6.33 Å². The monoisotopic (exact) mass is 123 g/mol. The summed E-state index contributed by atoms with van der Waals surface area (Å²) in [6.07, 6.45) is 7.57. The van der Waals surface area contributed by atoms with Crippen LogP contribution in [0.1, 0.15) is 26.3 Å². The van der Waals surface area contributed by atoms with Gasteiger partial charge in [-0.1, -0.05) is 6.92 Å². The molecule has 0 saturated carbocycles. The van der Waals surface area contributed by atoms with Crippen LogP contribution in [0.15, 0.2) is 12.5 Å². The highest BCUT2D eigenvalue weighted by Gasteiger charge is 1.97. The molecule has 0 aliphatic rings. The van der Waals surface area contributed by atoms with Crippen LogP contribution in [0.5, 0.6) is 0 Å². The predicted octanol–water partition coefficient (Wildman–Crippen LogP) is 1.65. The minimum atomic E-state index is 0.559. The lowest BCUT2D eigenvalue weighted by Crippen LogP contribution is -1.99. The fourth-order valence-corrected chi connectivity index (χ4v) is 0.685. The molecule has 0 unspecified atom stereocenters. The van der Waals surface area contributed by atoms with Crippen molar-refractivity contribution in [2.45, 2.75) is 26.3 Å². The minimum Gasteiger partial charge on any atom is -0.334 e. The Morgan fingerprint density at radius 2 is 2.56 bits per heavy atom. The van der Waals surface area contributed by atoms with Crippen molar-refractivity contribution in [1.29, 1.82) is 0 Å². The van der Waals surface area contributed by atoms with E-state index >= 15 is 0 Å². The standard InChI is InChI=1S/C7H11N2/c1-3-7(2)9-5-4-8-6-9/h5-7H,3H2,1-2H3/t7-/m0/s1. The first-order valence-electron chi connectivity index (χ1n) is 3.24. The highest BCUT2D eigenvalue weighted by atomic mass is 15.0. The molecule has 0 fully saturated rings. The van der Waals surface area contributed by atoms with E-state index in [0.717, 1.165) is 6.42 Å². The van der Waals surface area contributed by atoms with Crippen molar-refractivity contribution < 1.29 is 0 Å². The first-order chi connectivity index (χ1) is 4.34. The molecule has 0 bridgehead atoms. The van der Waals surface area contributed by atoms with Gasteiger partial charge in [0.15, 0.2) is 0 Å². The molecule has 49 valence electrons. The topological polar surface area (TPSA) is 17.8 Å². The van der Waals surface area contributed by atoms with Crippen LogP contribution < -0.4 is 0 Å². The van der Waals surface area contributed by atoms with Gasteiger partial charge in [-0.2, -0.15) is 0 Å². The van der Waals surface area contributed by atoms with E-state index in [9.17, 15) is 0 Å². The molecule has 0 aromatic carbocycles. The maximum atomic E-state index is 3.83. The molecule has 0 spiro atoms. The normalized spacial score (nSPS) is 13.6. The van der Waals surface area contributed by atoms with Gasteiger partial charge in [-0.05, 0) is 13.3 Å². The van der Waals surface area contributed by atoms with Gasteiger partial charge in [0.1, 0.15) is 6.20 Å². The van der Waals surface area contributed by atoms with Gasteiger partial charge in [0, 0.05) is 12.2 Å². The second-order valence-corrected chi connectivity index (χ2v) is 2.21. The highest BCUT2D eigenvalue weighted by Crippen LogP contribution is 2.06. The van der Waals surface area contributed by atoms with Gasteiger partial charge in [-0.25, -0.2) is 4.98 Å². The van der Waals surface area contributed by atoms with Crippen LogP contribution in [0, 0.1) is 6.20 Å². The molecule has 1 radical (unpaired) electrons. The van der Waals surface area contributed by atoms with E-state index in [-0.39, 0.29) is 0 Å². The van der Waals surface area contributed by atoms with Gasteiger partial charge >= 0.3 is 0 Å². The highest BCUT2D eigenvalue weighted by molar-refractivity contribution is 4.75. The fourth-order valence-electron chi connectivity index (χ4n) is 0.685. The van der Waals surface area contributed by atoms with Crippen LogP contribution in [0.4, 0.5) is 0 Å². The van der Waals surface area contributed by atoms with E-state index < -0.39 is 0 Å². The van der Waals surface area contributed by atoms with Gasteiger partial charge < -0.3 is 4.57 Å². The number of rotatable bonds is 2. The Bertz CT molecular complexity index is 155. The third-order valence-corrected chi connectivity index (χ3v) is 1.57. The van der Waals surface area contributed by atoms with E-state index in [4.69, 9.17) is 0 Å². The van der Waals surface area contributed by atoms with Gasteiger partial charge in [-0.3, -0.25) is 0 Å². The second kappa shape index (κ2) is 2.67. The maximum absolute atomic E-state index is 3.83. The molecule has 9 heavy (non-hydrogen) atoms. The van der Waals surface area contributed by atoms with Crippen LogP contribution in [0.2, 0.25) is 0 Å². The Balaban J connectivity index is 2.65. The molecule has 0 aliphatic heterocycles. The third kappa shape index (κ3) is 1.31. The summed E-state index contributed by atoms with van der Waals surface area (Å²) < 4.78 is 2.06. The Morgan fingerprint density at radius 3 is 3.00 bits per heavy atom. The molecule has 2 heteroatoms. The quantitative estimate of drug-likeness (QED) is 0.584. The molecule has 0 aliphatic carbocycles. The maximum Gasteiger partial charge on any atom is 0.108 e. The number of aromatic nitrogens is 2. The molecule has 2 nitrogen and oxygen atoms in total. The summed E-state index contributed by atoms with van der Waals surface area (Å²) in [5, 5.41) is 0. The van der Waals surface area contributed by atoms with Gasteiger partial charge in [0.05, 0.1) is 6.33 Å². The third-order valence-electron chi connectivity index (χ3n) is 1.57. The smallest absolute Gasteiger partial charge is 0.108 e. The van der Waals surface area contributed by atoms with E-state index in [2.05, 4.69) is 29.6 Å². The number of hydrogen-bond acceptors (Lipinski definition) is 1. The Labute approximate surface area is 55.5 Å². The van der Waals surface area contributed by atoms with E-state index in [1.807, 2.05) is 6.20 Å². The minimum absolute atomic E-state index is 0.559. The van der Waals surface area contributed by atoms with Crippen LogP contribution >= 0.6 is 0 Å². The molecule has 0 N–H and O–H groups in total. The summed E-state index contributed by atoms with van der Waals surface area (Å²) >= 11 is 0. The zero-order chi connectivity index (χ0) is 6.69. The zero-order valence-corrected chi connectivity index (χ0v) is 5.83. The van der Waals surface area contributed by atoms with Crippen molar-refractivity contribution >= 4 is 0 Å². The number of hydrogen-bond donors (Lipinski definition) is 0. The number of imidazole rings is 1. The SMILES string of the molecule is CC[C@H](C)n1c[c]nc1. The molecule has 1 heterocycles. The van der Waals surface area contributed by atoms with Crippen molar-refractivity contribution in [3.63, 3.8) is 0 Å². The Hall–Kier alpha value is -0.790. The Morgan fingerprint density at radius 1 is 1.78 bits per heavy atom. The van der Waals surface area contributed by atoms with Gasteiger partial charge in [-0.15, -0.1) is 0 Å². The van der Waals surface area contributed by atoms with Crippen molar-refractivity contribution in [1.82, 2.24) is 9.55 Å².